The minimum absolute atomic E-state index is 0.0983. The van der Waals surface area contributed by atoms with Gasteiger partial charge in [-0.1, -0.05) is 45.9 Å². The molecule has 0 aliphatic carbocycles. The lowest BCUT2D eigenvalue weighted by atomic mass is 10.1. The van der Waals surface area contributed by atoms with E-state index >= 15 is 0 Å². The topological polar surface area (TPSA) is 54.9 Å². The van der Waals surface area contributed by atoms with Crippen LogP contribution in [0, 0.1) is 0 Å². The Morgan fingerprint density at radius 3 is 2.75 bits per heavy atom. The molecule has 1 aromatic carbocycles. The number of hydrogen-bond donors (Lipinski definition) is 1. The Morgan fingerprint density at radius 1 is 1.40 bits per heavy atom. The first-order chi connectivity index (χ1) is 9.61. The van der Waals surface area contributed by atoms with Crippen molar-refractivity contribution < 1.29 is 4.79 Å². The second-order valence-corrected chi connectivity index (χ2v) is 6.29. The van der Waals surface area contributed by atoms with E-state index in [2.05, 4.69) is 37.8 Å². The van der Waals surface area contributed by atoms with Crippen LogP contribution in [-0.2, 0) is 0 Å². The fourth-order valence-corrected chi connectivity index (χ4v) is 2.79. The molecular weight excluding hydrogens is 338 g/mol. The van der Waals surface area contributed by atoms with Gasteiger partial charge in [-0.3, -0.25) is 4.79 Å². The molecule has 2 rings (SSSR count). The molecule has 0 saturated carbocycles. The second-order valence-electron chi connectivity index (χ2n) is 4.62. The van der Waals surface area contributed by atoms with E-state index in [1.54, 1.807) is 0 Å². The van der Waals surface area contributed by atoms with Gasteiger partial charge in [-0.05, 0) is 37.0 Å². The Balaban J connectivity index is 2.20. The van der Waals surface area contributed by atoms with Gasteiger partial charge in [-0.25, -0.2) is 0 Å². The molecule has 6 heteroatoms. The van der Waals surface area contributed by atoms with E-state index in [4.69, 9.17) is 0 Å². The predicted octanol–water partition coefficient (Wildman–Crippen LogP) is 3.89. The Labute approximate surface area is 130 Å². The second kappa shape index (κ2) is 6.95. The molecule has 1 atom stereocenters. The highest BCUT2D eigenvalue weighted by Gasteiger charge is 2.18. The van der Waals surface area contributed by atoms with Crippen LogP contribution in [0.1, 0.15) is 36.4 Å². The molecule has 20 heavy (non-hydrogen) atoms. The van der Waals surface area contributed by atoms with Crippen LogP contribution >= 0.6 is 27.5 Å². The van der Waals surface area contributed by atoms with Crippen molar-refractivity contribution >= 4 is 33.4 Å². The third-order valence-corrected chi connectivity index (χ3v) is 4.16. The molecule has 1 amide bonds. The molecule has 0 bridgehead atoms. The summed E-state index contributed by atoms with van der Waals surface area (Å²) in [7, 11) is 0. The number of amides is 1. The first-order valence-corrected chi connectivity index (χ1v) is 8.07. The zero-order chi connectivity index (χ0) is 14.5. The maximum Gasteiger partial charge on any atom is 0.265 e. The Hall–Kier alpha value is -1.27. The molecule has 4 nitrogen and oxygen atoms in total. The van der Waals surface area contributed by atoms with E-state index in [1.807, 2.05) is 31.2 Å². The standard InChI is InChI=1S/C14H16BrN3OS/c1-3-4-9(2)16-14(19)13-12(17-18-20-13)10-5-7-11(15)8-6-10/h5-9H,3-4H2,1-2H3,(H,16,19)/t9-/m1/s1. The van der Waals surface area contributed by atoms with Crippen LogP contribution in [-0.4, -0.2) is 21.5 Å². The lowest BCUT2D eigenvalue weighted by Crippen LogP contribution is -2.32. The van der Waals surface area contributed by atoms with Gasteiger partial charge in [0.15, 0.2) is 0 Å². The number of halogens is 1. The Bertz CT molecular complexity index is 582. The molecule has 1 heterocycles. The molecule has 0 saturated heterocycles. The number of carbonyl (C=O) groups is 1. The summed E-state index contributed by atoms with van der Waals surface area (Å²) in [5.74, 6) is -0.0983. The number of benzene rings is 1. The largest absolute Gasteiger partial charge is 0.349 e. The highest BCUT2D eigenvalue weighted by atomic mass is 79.9. The SMILES string of the molecule is CCC[C@@H](C)NC(=O)c1snnc1-c1ccc(Br)cc1. The van der Waals surface area contributed by atoms with Gasteiger partial charge in [0.2, 0.25) is 0 Å². The van der Waals surface area contributed by atoms with Crippen LogP contribution < -0.4 is 5.32 Å². The van der Waals surface area contributed by atoms with Gasteiger partial charge in [0.25, 0.3) is 5.91 Å². The maximum absolute atomic E-state index is 12.3. The smallest absolute Gasteiger partial charge is 0.265 e. The molecule has 0 unspecified atom stereocenters. The first kappa shape index (κ1) is 15.1. The Morgan fingerprint density at radius 2 is 2.10 bits per heavy atom. The molecule has 0 radical (unpaired) electrons. The number of nitrogens with zero attached hydrogens (tertiary/aromatic N) is 2. The fraction of sp³-hybridized carbons (Fsp3) is 0.357. The lowest BCUT2D eigenvalue weighted by Gasteiger charge is -2.11. The van der Waals surface area contributed by atoms with Crippen molar-refractivity contribution in [2.45, 2.75) is 32.7 Å². The van der Waals surface area contributed by atoms with Crippen LogP contribution in [0.3, 0.4) is 0 Å². The molecule has 1 aromatic heterocycles. The van der Waals surface area contributed by atoms with Crippen molar-refractivity contribution in [1.82, 2.24) is 14.9 Å². The minimum atomic E-state index is -0.0983. The van der Waals surface area contributed by atoms with Gasteiger partial charge in [-0.15, -0.1) is 5.10 Å². The van der Waals surface area contributed by atoms with E-state index < -0.39 is 0 Å². The average Bonchev–Trinajstić information content (AvgIpc) is 2.89. The zero-order valence-electron chi connectivity index (χ0n) is 11.4. The van der Waals surface area contributed by atoms with Crippen LogP contribution in [0.15, 0.2) is 28.7 Å². The van der Waals surface area contributed by atoms with Gasteiger partial charge in [0, 0.05) is 16.1 Å². The molecular formula is C14H16BrN3OS. The van der Waals surface area contributed by atoms with E-state index in [0.29, 0.717) is 10.6 Å². The van der Waals surface area contributed by atoms with Crippen molar-refractivity contribution in [3.8, 4) is 11.3 Å². The van der Waals surface area contributed by atoms with Crippen LogP contribution in [0.5, 0.6) is 0 Å². The predicted molar refractivity (Wildman–Crippen MR) is 84.9 cm³/mol. The van der Waals surface area contributed by atoms with Gasteiger partial charge < -0.3 is 5.32 Å². The van der Waals surface area contributed by atoms with E-state index in [0.717, 1.165) is 34.4 Å². The monoisotopic (exact) mass is 353 g/mol. The summed E-state index contributed by atoms with van der Waals surface area (Å²) in [5.41, 5.74) is 1.54. The molecule has 0 fully saturated rings. The zero-order valence-corrected chi connectivity index (χ0v) is 13.8. The maximum atomic E-state index is 12.3. The quantitative estimate of drug-likeness (QED) is 0.886. The molecule has 2 aromatic rings. The summed E-state index contributed by atoms with van der Waals surface area (Å²) >= 11 is 4.53. The highest BCUT2D eigenvalue weighted by Crippen LogP contribution is 2.25. The fourth-order valence-electron chi connectivity index (χ4n) is 1.93. The molecule has 1 N–H and O–H groups in total. The van der Waals surface area contributed by atoms with E-state index in [-0.39, 0.29) is 11.9 Å². The van der Waals surface area contributed by atoms with Crippen LogP contribution in [0.2, 0.25) is 0 Å². The molecule has 0 aliphatic heterocycles. The van der Waals surface area contributed by atoms with Crippen molar-refractivity contribution in [2.24, 2.45) is 0 Å². The summed E-state index contributed by atoms with van der Waals surface area (Å²) < 4.78 is 4.91. The van der Waals surface area contributed by atoms with E-state index in [1.165, 1.54) is 0 Å². The van der Waals surface area contributed by atoms with Gasteiger partial charge in [0.05, 0.1) is 0 Å². The molecule has 0 spiro atoms. The number of carbonyl (C=O) groups excluding carboxylic acids is 1. The number of aromatic nitrogens is 2. The van der Waals surface area contributed by atoms with E-state index in [9.17, 15) is 4.79 Å². The number of hydrogen-bond acceptors (Lipinski definition) is 4. The summed E-state index contributed by atoms with van der Waals surface area (Å²) in [6.45, 7) is 4.11. The van der Waals surface area contributed by atoms with Crippen molar-refractivity contribution in [2.75, 3.05) is 0 Å². The van der Waals surface area contributed by atoms with Crippen molar-refractivity contribution in [3.63, 3.8) is 0 Å². The average molecular weight is 354 g/mol. The Kier molecular flexibility index (Phi) is 5.25. The first-order valence-electron chi connectivity index (χ1n) is 6.51. The summed E-state index contributed by atoms with van der Waals surface area (Å²) in [6.07, 6.45) is 2.01. The minimum Gasteiger partial charge on any atom is -0.349 e. The normalized spacial score (nSPS) is 12.2. The van der Waals surface area contributed by atoms with Gasteiger partial charge in [-0.2, -0.15) is 0 Å². The van der Waals surface area contributed by atoms with Gasteiger partial charge in [0.1, 0.15) is 10.6 Å². The van der Waals surface area contributed by atoms with Crippen LogP contribution in [0.4, 0.5) is 0 Å². The van der Waals surface area contributed by atoms with Crippen molar-refractivity contribution in [3.05, 3.63) is 33.6 Å². The highest BCUT2D eigenvalue weighted by molar-refractivity contribution is 9.10. The lowest BCUT2D eigenvalue weighted by molar-refractivity contribution is 0.0943. The summed E-state index contributed by atoms with van der Waals surface area (Å²) in [5, 5.41) is 7.07. The molecule has 0 aliphatic rings. The third kappa shape index (κ3) is 3.64. The number of rotatable bonds is 5. The summed E-state index contributed by atoms with van der Waals surface area (Å²) in [4.78, 5) is 12.8. The third-order valence-electron chi connectivity index (χ3n) is 2.91. The van der Waals surface area contributed by atoms with Crippen LogP contribution in [0.25, 0.3) is 11.3 Å². The van der Waals surface area contributed by atoms with Gasteiger partial charge >= 0.3 is 0 Å². The summed E-state index contributed by atoms with van der Waals surface area (Å²) in [6, 6.07) is 7.86. The van der Waals surface area contributed by atoms with Crippen molar-refractivity contribution in [1.29, 1.82) is 0 Å². The number of nitrogens with one attached hydrogen (secondary N) is 1. The molecule has 106 valence electrons.